The third-order valence-electron chi connectivity index (χ3n) is 8.82. The van der Waals surface area contributed by atoms with Gasteiger partial charge in [-0.1, -0.05) is 51.3 Å². The largest absolute Gasteiger partial charge is 0.385 e. The predicted molar refractivity (Wildman–Crippen MR) is 145 cm³/mol. The first-order valence-corrected chi connectivity index (χ1v) is 13.9. The summed E-state index contributed by atoms with van der Waals surface area (Å²) in [6.45, 7) is 13.8. The van der Waals surface area contributed by atoms with Gasteiger partial charge < -0.3 is 15.0 Å². The average molecular weight is 491 g/mol. The Morgan fingerprint density at radius 3 is 2.44 bits per heavy atom. The van der Waals surface area contributed by atoms with E-state index in [1.807, 2.05) is 6.08 Å². The minimum Gasteiger partial charge on any atom is -0.385 e. The Morgan fingerprint density at radius 2 is 1.81 bits per heavy atom. The van der Waals surface area contributed by atoms with E-state index >= 15 is 0 Å². The third-order valence-corrected chi connectivity index (χ3v) is 8.82. The summed E-state index contributed by atoms with van der Waals surface area (Å²) in [6.07, 6.45) is 9.81. The molecule has 1 fully saturated rings. The number of fused-ring (bicyclic) bond motifs is 4. The molecular weight excluding hydrogens is 448 g/mol. The van der Waals surface area contributed by atoms with Crippen LogP contribution in [0.1, 0.15) is 91.4 Å². The lowest BCUT2D eigenvalue weighted by Crippen LogP contribution is -2.31. The normalized spacial score (nSPS) is 28.1. The zero-order chi connectivity index (χ0) is 25.7. The van der Waals surface area contributed by atoms with Crippen LogP contribution in [0.25, 0.3) is 11.2 Å². The monoisotopic (exact) mass is 490 g/mol. The van der Waals surface area contributed by atoms with Gasteiger partial charge in [-0.2, -0.15) is 0 Å². The molecule has 36 heavy (non-hydrogen) atoms. The van der Waals surface area contributed by atoms with Crippen LogP contribution in [-0.2, 0) is 6.54 Å². The van der Waals surface area contributed by atoms with Crippen LogP contribution in [0.15, 0.2) is 23.3 Å². The molecule has 0 amide bonds. The Kier molecular flexibility index (Phi) is 6.79. The molecule has 2 aromatic rings. The Bertz CT molecular complexity index is 1220. The summed E-state index contributed by atoms with van der Waals surface area (Å²) in [5, 5.41) is 23.2. The molecule has 1 saturated carbocycles. The number of aromatic nitrogens is 4. The van der Waals surface area contributed by atoms with Crippen LogP contribution in [0.5, 0.6) is 0 Å². The van der Waals surface area contributed by atoms with Crippen molar-refractivity contribution in [3.63, 3.8) is 0 Å². The molecule has 3 N–H and O–H groups in total. The van der Waals surface area contributed by atoms with Crippen LogP contribution in [0.2, 0.25) is 0 Å². The second-order valence-electron chi connectivity index (χ2n) is 11.8. The SMILES string of the molecule is CC(C)/C1=C/C(=N)c2nc3nc(C(C)O)nc(N[C@H](C)C4CCC4)c3n2C[C@H]2C=C(C1C)[C@H](C)CC2. The fraction of sp³-hybridized carbons (Fsp3) is 0.655. The van der Waals surface area contributed by atoms with E-state index in [2.05, 4.69) is 55.6 Å². The molecule has 5 atom stereocenters. The van der Waals surface area contributed by atoms with Gasteiger partial charge in [-0.15, -0.1) is 0 Å². The van der Waals surface area contributed by atoms with Crippen LogP contribution >= 0.6 is 0 Å². The highest BCUT2D eigenvalue weighted by Gasteiger charge is 2.31. The van der Waals surface area contributed by atoms with Crippen molar-refractivity contribution in [3.8, 4) is 0 Å². The van der Waals surface area contributed by atoms with Gasteiger partial charge in [-0.05, 0) is 75.2 Å². The van der Waals surface area contributed by atoms with E-state index in [4.69, 9.17) is 15.4 Å². The predicted octanol–water partition coefficient (Wildman–Crippen LogP) is 6.05. The fourth-order valence-electron chi connectivity index (χ4n) is 6.31. The standard InChI is InChI=1S/C29H42N6O/c1-15(2)22-13-24(30)29-34-28-25(35(29)14-20-11-10-16(3)23(12-20)17(22)4)27(32-26(33-28)19(6)36)31-18(5)21-8-7-9-21/h12-13,15-21,30,36H,7-11,14H2,1-6H3,(H,31,32,33)/b22-13-,30-24?/t16-,17?,18-,19?,20-/m1/s1. The molecule has 2 unspecified atom stereocenters. The van der Waals surface area contributed by atoms with Crippen molar-refractivity contribution >= 4 is 22.7 Å². The van der Waals surface area contributed by atoms with Crippen molar-refractivity contribution in [2.45, 2.75) is 92.3 Å². The lowest BCUT2D eigenvalue weighted by molar-refractivity contribution is 0.189. The van der Waals surface area contributed by atoms with E-state index in [1.165, 1.54) is 36.8 Å². The Morgan fingerprint density at radius 1 is 1.06 bits per heavy atom. The van der Waals surface area contributed by atoms with Crippen LogP contribution in [0.3, 0.4) is 0 Å². The zero-order valence-corrected chi connectivity index (χ0v) is 22.7. The molecule has 2 aliphatic carbocycles. The first kappa shape index (κ1) is 25.1. The maximum atomic E-state index is 10.3. The van der Waals surface area contributed by atoms with Gasteiger partial charge in [-0.25, -0.2) is 15.0 Å². The molecule has 0 saturated heterocycles. The topological polar surface area (TPSA) is 99.7 Å². The second-order valence-corrected chi connectivity index (χ2v) is 11.8. The van der Waals surface area contributed by atoms with E-state index in [0.717, 1.165) is 24.3 Å². The van der Waals surface area contributed by atoms with Crippen molar-refractivity contribution in [1.29, 1.82) is 5.41 Å². The fourth-order valence-corrected chi connectivity index (χ4v) is 6.31. The number of allylic oxidation sites excluding steroid dienone is 4. The van der Waals surface area contributed by atoms with Crippen molar-refractivity contribution in [2.24, 2.45) is 29.6 Å². The number of imidazole rings is 1. The van der Waals surface area contributed by atoms with E-state index < -0.39 is 6.10 Å². The molecule has 3 aliphatic rings. The number of nitrogens with zero attached hydrogens (tertiary/aromatic N) is 4. The van der Waals surface area contributed by atoms with Crippen molar-refractivity contribution in [3.05, 3.63) is 34.9 Å². The van der Waals surface area contributed by atoms with Crippen molar-refractivity contribution in [2.75, 3.05) is 5.32 Å². The van der Waals surface area contributed by atoms with E-state index in [1.54, 1.807) is 6.92 Å². The second kappa shape index (κ2) is 9.73. The number of aliphatic hydroxyl groups is 1. The van der Waals surface area contributed by atoms with Crippen molar-refractivity contribution in [1.82, 2.24) is 19.5 Å². The van der Waals surface area contributed by atoms with Gasteiger partial charge in [0.2, 0.25) is 0 Å². The molecule has 7 heteroatoms. The Labute approximate surface area is 215 Å². The zero-order valence-electron chi connectivity index (χ0n) is 22.7. The highest BCUT2D eigenvalue weighted by Crippen LogP contribution is 2.40. The molecule has 5 rings (SSSR count). The average Bonchev–Trinajstić information content (AvgIpc) is 3.14. The first-order chi connectivity index (χ1) is 17.1. The number of hydrogen-bond donors (Lipinski definition) is 3. The molecule has 7 nitrogen and oxygen atoms in total. The highest BCUT2D eigenvalue weighted by atomic mass is 16.3. The van der Waals surface area contributed by atoms with Crippen LogP contribution in [-0.4, -0.2) is 36.4 Å². The third kappa shape index (κ3) is 4.51. The number of nitrogens with one attached hydrogen (secondary N) is 2. The summed E-state index contributed by atoms with van der Waals surface area (Å²) in [7, 11) is 0. The molecule has 0 spiro atoms. The highest BCUT2D eigenvalue weighted by molar-refractivity contribution is 6.07. The number of rotatable bonds is 5. The van der Waals surface area contributed by atoms with Gasteiger partial charge >= 0.3 is 0 Å². The quantitative estimate of drug-likeness (QED) is 0.443. The summed E-state index contributed by atoms with van der Waals surface area (Å²) in [5.74, 6) is 3.98. The maximum absolute atomic E-state index is 10.3. The summed E-state index contributed by atoms with van der Waals surface area (Å²) in [6, 6.07) is 0.277. The summed E-state index contributed by atoms with van der Waals surface area (Å²) in [5.41, 5.74) is 4.63. The van der Waals surface area contributed by atoms with Crippen LogP contribution in [0, 0.1) is 35.0 Å². The van der Waals surface area contributed by atoms with Crippen LogP contribution in [0.4, 0.5) is 5.82 Å². The van der Waals surface area contributed by atoms with E-state index in [0.29, 0.717) is 52.6 Å². The maximum Gasteiger partial charge on any atom is 0.184 e. The van der Waals surface area contributed by atoms with Gasteiger partial charge in [0, 0.05) is 12.6 Å². The Hall–Kier alpha value is -2.54. The summed E-state index contributed by atoms with van der Waals surface area (Å²) < 4.78 is 2.18. The Balaban J connectivity index is 1.70. The minimum absolute atomic E-state index is 0.277. The number of hydrogen-bond acceptors (Lipinski definition) is 6. The summed E-state index contributed by atoms with van der Waals surface area (Å²) in [4.78, 5) is 14.4. The molecular formula is C29H42N6O. The van der Waals surface area contributed by atoms with Crippen LogP contribution < -0.4 is 5.32 Å². The smallest absolute Gasteiger partial charge is 0.184 e. The van der Waals surface area contributed by atoms with Crippen molar-refractivity contribution < 1.29 is 5.11 Å². The molecule has 3 heterocycles. The number of anilines is 1. The molecule has 0 aromatic carbocycles. The molecule has 0 radical (unpaired) electrons. The van der Waals surface area contributed by atoms with Gasteiger partial charge in [0.1, 0.15) is 11.6 Å². The van der Waals surface area contributed by atoms with E-state index in [-0.39, 0.29) is 6.04 Å². The minimum atomic E-state index is -0.789. The first-order valence-electron chi connectivity index (χ1n) is 13.9. The van der Waals surface area contributed by atoms with Gasteiger partial charge in [0.05, 0.1) is 5.71 Å². The molecule has 1 aliphatic heterocycles. The molecule has 194 valence electrons. The van der Waals surface area contributed by atoms with E-state index in [9.17, 15) is 5.11 Å². The lowest BCUT2D eigenvalue weighted by atomic mass is 9.73. The van der Waals surface area contributed by atoms with Gasteiger partial charge in [0.25, 0.3) is 0 Å². The van der Waals surface area contributed by atoms with Gasteiger partial charge in [-0.3, -0.25) is 5.41 Å². The lowest BCUT2D eigenvalue weighted by Gasteiger charge is -2.34. The molecule has 2 bridgehead atoms. The molecule has 2 aromatic heterocycles. The summed E-state index contributed by atoms with van der Waals surface area (Å²) >= 11 is 0. The number of aliphatic hydroxyl groups excluding tert-OH is 1. The van der Waals surface area contributed by atoms with Gasteiger partial charge in [0.15, 0.2) is 23.1 Å².